The third-order valence-electron chi connectivity index (χ3n) is 1.47. The predicted molar refractivity (Wildman–Crippen MR) is 44.4 cm³/mol. The molecule has 0 aliphatic heterocycles. The minimum atomic E-state index is -0.799. The van der Waals surface area contributed by atoms with Gasteiger partial charge in [-0.25, -0.2) is 0 Å². The van der Waals surface area contributed by atoms with E-state index in [1.165, 1.54) is 0 Å². The lowest BCUT2D eigenvalue weighted by atomic mass is 10.2. The highest BCUT2D eigenvalue weighted by Crippen LogP contribution is 1.95. The van der Waals surface area contributed by atoms with Crippen molar-refractivity contribution in [1.29, 1.82) is 0 Å². The number of nitrogens with two attached hydrogens (primary N) is 1. The van der Waals surface area contributed by atoms with Crippen LogP contribution in [0.2, 0.25) is 0 Å². The molecule has 0 aromatic rings. The Morgan fingerprint density at radius 2 is 2.33 bits per heavy atom. The molecule has 4 heteroatoms. The molecule has 0 aliphatic carbocycles. The van der Waals surface area contributed by atoms with Crippen LogP contribution in [-0.4, -0.2) is 25.3 Å². The molecule has 0 aromatic carbocycles. The number of carbonyl (C=O) groups excluding carboxylic acids is 1. The Labute approximate surface area is 72.1 Å². The lowest BCUT2D eigenvalue weighted by molar-refractivity contribution is -0.145. The maximum atomic E-state index is 11.7. The largest absolute Gasteiger partial charge is 0.465 e. The number of hydrogen-bond acceptors (Lipinski definition) is 3. The Morgan fingerprint density at radius 1 is 1.67 bits per heavy atom. The van der Waals surface area contributed by atoms with Crippen molar-refractivity contribution < 1.29 is 13.9 Å². The quantitative estimate of drug-likeness (QED) is 0.486. The minimum Gasteiger partial charge on any atom is -0.465 e. The summed E-state index contributed by atoms with van der Waals surface area (Å²) in [6.45, 7) is 1.80. The van der Waals surface area contributed by atoms with Gasteiger partial charge in [-0.3, -0.25) is 9.18 Å². The number of halogens is 1. The van der Waals surface area contributed by atoms with Gasteiger partial charge in [-0.15, -0.1) is 0 Å². The number of alkyl halides is 1. The molecule has 3 nitrogen and oxygen atoms in total. The third-order valence-corrected chi connectivity index (χ3v) is 1.47. The van der Waals surface area contributed by atoms with Crippen molar-refractivity contribution in [3.8, 4) is 0 Å². The zero-order chi connectivity index (χ0) is 9.40. The van der Waals surface area contributed by atoms with Crippen LogP contribution in [0.25, 0.3) is 0 Å². The van der Waals surface area contributed by atoms with E-state index in [2.05, 4.69) is 0 Å². The van der Waals surface area contributed by atoms with E-state index in [4.69, 9.17) is 10.5 Å². The van der Waals surface area contributed by atoms with Gasteiger partial charge in [0.15, 0.2) is 0 Å². The number of ether oxygens (including phenoxy) is 1. The number of carbonyl (C=O) groups is 1. The molecule has 0 amide bonds. The van der Waals surface area contributed by atoms with Crippen molar-refractivity contribution >= 4 is 5.97 Å². The molecule has 0 spiro atoms. The average molecular weight is 177 g/mol. The van der Waals surface area contributed by atoms with E-state index in [-0.39, 0.29) is 6.42 Å². The minimum absolute atomic E-state index is 0.0466. The second-order valence-corrected chi connectivity index (χ2v) is 2.61. The monoisotopic (exact) mass is 177 g/mol. The van der Waals surface area contributed by atoms with Crippen LogP contribution < -0.4 is 5.73 Å². The molecule has 0 saturated heterocycles. The van der Waals surface area contributed by atoms with Crippen LogP contribution >= 0.6 is 0 Å². The smallest absolute Gasteiger partial charge is 0.323 e. The highest BCUT2D eigenvalue weighted by atomic mass is 19.1. The third kappa shape index (κ3) is 5.07. The zero-order valence-electron chi connectivity index (χ0n) is 7.38. The standard InChI is InChI=1S/C8H16FNO2/c1-2-3-6-12-8(11)7(10)4-5-9/h7H,2-6,10H2,1H3/t7-/m0/s1. The molecule has 0 bridgehead atoms. The first-order valence-electron chi connectivity index (χ1n) is 4.20. The van der Waals surface area contributed by atoms with Gasteiger partial charge in [0.05, 0.1) is 13.3 Å². The lowest BCUT2D eigenvalue weighted by Gasteiger charge is -2.08. The molecule has 1 atom stereocenters. The molecule has 0 aromatic heterocycles. The second-order valence-electron chi connectivity index (χ2n) is 2.61. The van der Waals surface area contributed by atoms with Crippen LogP contribution in [0.15, 0.2) is 0 Å². The topological polar surface area (TPSA) is 52.3 Å². The Kier molecular flexibility index (Phi) is 6.66. The van der Waals surface area contributed by atoms with E-state index in [1.807, 2.05) is 6.92 Å². The zero-order valence-corrected chi connectivity index (χ0v) is 7.38. The number of hydrogen-bond donors (Lipinski definition) is 1. The Bertz CT molecular complexity index is 130. The number of unbranched alkanes of at least 4 members (excludes halogenated alkanes) is 1. The first kappa shape index (κ1) is 11.4. The Balaban J connectivity index is 3.43. The van der Waals surface area contributed by atoms with E-state index in [9.17, 15) is 9.18 Å². The van der Waals surface area contributed by atoms with Crippen LogP contribution in [0.1, 0.15) is 26.2 Å². The van der Waals surface area contributed by atoms with Gasteiger partial charge in [-0.1, -0.05) is 13.3 Å². The van der Waals surface area contributed by atoms with Gasteiger partial charge >= 0.3 is 5.97 Å². The highest BCUT2D eigenvalue weighted by molar-refractivity contribution is 5.75. The molecule has 0 radical (unpaired) electrons. The molecule has 2 N–H and O–H groups in total. The fourth-order valence-electron chi connectivity index (χ4n) is 0.660. The molecule has 0 saturated carbocycles. The summed E-state index contributed by atoms with van der Waals surface area (Å²) in [5.74, 6) is -0.499. The van der Waals surface area contributed by atoms with E-state index < -0.39 is 18.7 Å². The van der Waals surface area contributed by atoms with Crippen LogP contribution in [-0.2, 0) is 9.53 Å². The highest BCUT2D eigenvalue weighted by Gasteiger charge is 2.13. The van der Waals surface area contributed by atoms with E-state index in [1.54, 1.807) is 0 Å². The summed E-state index contributed by atoms with van der Waals surface area (Å²) in [4.78, 5) is 10.9. The predicted octanol–water partition coefficient (Wildman–Crippen LogP) is 1.02. The van der Waals surface area contributed by atoms with Crippen LogP contribution in [0.5, 0.6) is 0 Å². The van der Waals surface area contributed by atoms with Crippen molar-refractivity contribution in [3.63, 3.8) is 0 Å². The fraction of sp³-hybridized carbons (Fsp3) is 0.875. The summed E-state index contributed by atoms with van der Waals surface area (Å²) < 4.78 is 16.5. The summed E-state index contributed by atoms with van der Waals surface area (Å²) in [7, 11) is 0. The van der Waals surface area contributed by atoms with E-state index in [0.29, 0.717) is 6.61 Å². The van der Waals surface area contributed by atoms with Crippen molar-refractivity contribution in [2.75, 3.05) is 13.3 Å². The molecule has 12 heavy (non-hydrogen) atoms. The van der Waals surface area contributed by atoms with Crippen LogP contribution in [0, 0.1) is 0 Å². The second kappa shape index (κ2) is 7.03. The van der Waals surface area contributed by atoms with Crippen molar-refractivity contribution in [2.45, 2.75) is 32.2 Å². The average Bonchev–Trinajstić information content (AvgIpc) is 2.05. The molecule has 72 valence electrons. The van der Waals surface area contributed by atoms with E-state index >= 15 is 0 Å². The normalized spacial score (nSPS) is 12.6. The molecule has 0 heterocycles. The first-order valence-corrected chi connectivity index (χ1v) is 4.20. The molecule has 0 aliphatic rings. The van der Waals surface area contributed by atoms with Gasteiger partial charge in [0.1, 0.15) is 6.04 Å². The van der Waals surface area contributed by atoms with Crippen molar-refractivity contribution in [1.82, 2.24) is 0 Å². The summed E-state index contributed by atoms with van der Waals surface area (Å²) in [6, 6.07) is -0.799. The van der Waals surface area contributed by atoms with Crippen LogP contribution in [0.3, 0.4) is 0 Å². The summed E-state index contributed by atoms with van der Waals surface area (Å²) in [6.07, 6.45) is 1.84. The molecule has 0 unspecified atom stereocenters. The van der Waals surface area contributed by atoms with Gasteiger partial charge in [0, 0.05) is 6.42 Å². The SMILES string of the molecule is CCCCOC(=O)[C@@H](N)CCF. The summed E-state index contributed by atoms with van der Waals surface area (Å²) >= 11 is 0. The first-order chi connectivity index (χ1) is 5.72. The fourth-order valence-corrected chi connectivity index (χ4v) is 0.660. The molecule has 0 fully saturated rings. The summed E-state index contributed by atoms with van der Waals surface area (Å²) in [5, 5.41) is 0. The van der Waals surface area contributed by atoms with Gasteiger partial charge in [0.25, 0.3) is 0 Å². The van der Waals surface area contributed by atoms with Crippen molar-refractivity contribution in [3.05, 3.63) is 0 Å². The molecular formula is C8H16FNO2. The maximum absolute atomic E-state index is 11.7. The van der Waals surface area contributed by atoms with Gasteiger partial charge < -0.3 is 10.5 Å². The molecular weight excluding hydrogens is 161 g/mol. The number of esters is 1. The van der Waals surface area contributed by atoms with Gasteiger partial charge in [0.2, 0.25) is 0 Å². The van der Waals surface area contributed by atoms with Gasteiger partial charge in [-0.2, -0.15) is 0 Å². The number of rotatable bonds is 6. The van der Waals surface area contributed by atoms with Crippen molar-refractivity contribution in [2.24, 2.45) is 5.73 Å². The van der Waals surface area contributed by atoms with E-state index in [0.717, 1.165) is 12.8 Å². The van der Waals surface area contributed by atoms with Gasteiger partial charge in [-0.05, 0) is 6.42 Å². The van der Waals surface area contributed by atoms with Crippen LogP contribution in [0.4, 0.5) is 4.39 Å². The summed E-state index contributed by atoms with van der Waals surface area (Å²) in [5.41, 5.74) is 5.30. The lowest BCUT2D eigenvalue weighted by Crippen LogP contribution is -2.32. The maximum Gasteiger partial charge on any atom is 0.323 e. The Morgan fingerprint density at radius 3 is 2.83 bits per heavy atom. The Hall–Kier alpha value is -0.640. The molecule has 0 rings (SSSR count).